The van der Waals surface area contributed by atoms with Crippen LogP contribution in [0.5, 0.6) is 0 Å². The summed E-state index contributed by atoms with van der Waals surface area (Å²) in [6.07, 6.45) is 0. The van der Waals surface area contributed by atoms with Crippen LogP contribution in [0.2, 0.25) is 5.02 Å². The molecule has 0 unspecified atom stereocenters. The van der Waals surface area contributed by atoms with Crippen LogP contribution in [0.4, 0.5) is 0 Å². The van der Waals surface area contributed by atoms with Gasteiger partial charge in [-0.2, -0.15) is 4.98 Å². The number of nitrogens with two attached hydrogens (primary N) is 1. The molecule has 4 nitrogen and oxygen atoms in total. The number of H-pyrrole nitrogens is 1. The SMILES string of the molecule is NCc1[nH]c(=O)nc2c(Cl)cccc12. The maximum atomic E-state index is 11.1. The topological polar surface area (TPSA) is 71.8 Å². The lowest BCUT2D eigenvalue weighted by molar-refractivity contribution is 0.960. The Morgan fingerprint density at radius 1 is 1.50 bits per heavy atom. The van der Waals surface area contributed by atoms with E-state index >= 15 is 0 Å². The van der Waals surface area contributed by atoms with Crippen molar-refractivity contribution in [1.82, 2.24) is 9.97 Å². The highest BCUT2D eigenvalue weighted by Crippen LogP contribution is 2.21. The first-order valence-electron chi connectivity index (χ1n) is 4.10. The van der Waals surface area contributed by atoms with Crippen LogP contribution in [0.1, 0.15) is 5.69 Å². The third kappa shape index (κ3) is 1.38. The van der Waals surface area contributed by atoms with E-state index in [4.69, 9.17) is 17.3 Å². The second kappa shape index (κ2) is 3.40. The monoisotopic (exact) mass is 209 g/mol. The fraction of sp³-hybridized carbons (Fsp3) is 0.111. The molecule has 0 aliphatic heterocycles. The van der Waals surface area contributed by atoms with Gasteiger partial charge in [0.15, 0.2) is 0 Å². The summed E-state index contributed by atoms with van der Waals surface area (Å²) in [6.45, 7) is 0.259. The number of nitrogens with zero attached hydrogens (tertiary/aromatic N) is 1. The molecule has 0 saturated heterocycles. The third-order valence-corrected chi connectivity index (χ3v) is 2.29. The Balaban J connectivity index is 2.94. The Kier molecular flexibility index (Phi) is 2.23. The van der Waals surface area contributed by atoms with Crippen LogP contribution in [0.3, 0.4) is 0 Å². The predicted octanol–water partition coefficient (Wildman–Crippen LogP) is 1.04. The lowest BCUT2D eigenvalue weighted by Crippen LogP contribution is -2.15. The summed E-state index contributed by atoms with van der Waals surface area (Å²) in [5, 5.41) is 1.25. The first kappa shape index (κ1) is 9.18. The van der Waals surface area contributed by atoms with Crippen molar-refractivity contribution in [2.24, 2.45) is 5.73 Å². The second-order valence-corrected chi connectivity index (χ2v) is 3.27. The number of rotatable bonds is 1. The van der Waals surface area contributed by atoms with Crippen LogP contribution >= 0.6 is 11.6 Å². The molecule has 1 aromatic heterocycles. The summed E-state index contributed by atoms with van der Waals surface area (Å²) in [7, 11) is 0. The van der Waals surface area contributed by atoms with Gasteiger partial charge in [-0.15, -0.1) is 0 Å². The summed E-state index contributed by atoms with van der Waals surface area (Å²) >= 11 is 5.90. The molecule has 0 radical (unpaired) electrons. The number of fused-ring (bicyclic) bond motifs is 1. The number of benzene rings is 1. The summed E-state index contributed by atoms with van der Waals surface area (Å²) in [4.78, 5) is 17.5. The second-order valence-electron chi connectivity index (χ2n) is 2.86. The lowest BCUT2D eigenvalue weighted by Gasteiger charge is -2.03. The van der Waals surface area contributed by atoms with E-state index in [1.165, 1.54) is 0 Å². The molecule has 2 aromatic rings. The molecule has 0 atom stereocenters. The van der Waals surface area contributed by atoms with E-state index in [0.717, 1.165) is 5.39 Å². The number of aromatic nitrogens is 2. The van der Waals surface area contributed by atoms with E-state index in [1.54, 1.807) is 12.1 Å². The number of halogens is 1. The molecular weight excluding hydrogens is 202 g/mol. The molecule has 5 heteroatoms. The summed E-state index contributed by atoms with van der Waals surface area (Å²) in [5.74, 6) is 0. The van der Waals surface area contributed by atoms with Crippen molar-refractivity contribution in [1.29, 1.82) is 0 Å². The zero-order chi connectivity index (χ0) is 10.1. The van der Waals surface area contributed by atoms with Gasteiger partial charge >= 0.3 is 5.69 Å². The Morgan fingerprint density at radius 3 is 3.00 bits per heavy atom. The molecule has 0 aliphatic rings. The molecule has 1 aromatic carbocycles. The molecule has 0 spiro atoms. The number of hydrogen-bond acceptors (Lipinski definition) is 3. The Bertz CT molecular complexity index is 535. The van der Waals surface area contributed by atoms with Gasteiger partial charge in [0, 0.05) is 17.6 Å². The normalized spacial score (nSPS) is 10.7. The maximum Gasteiger partial charge on any atom is 0.345 e. The van der Waals surface area contributed by atoms with Crippen molar-refractivity contribution in [3.05, 3.63) is 39.4 Å². The van der Waals surface area contributed by atoms with Crippen molar-refractivity contribution in [2.45, 2.75) is 6.54 Å². The van der Waals surface area contributed by atoms with Gasteiger partial charge in [0.1, 0.15) is 0 Å². The standard InChI is InChI=1S/C9H8ClN3O/c10-6-3-1-2-5-7(4-11)12-9(14)13-8(5)6/h1-3H,4,11H2,(H,12,13,14). The van der Waals surface area contributed by atoms with Gasteiger partial charge in [-0.1, -0.05) is 23.7 Å². The van der Waals surface area contributed by atoms with E-state index < -0.39 is 5.69 Å². The van der Waals surface area contributed by atoms with E-state index in [9.17, 15) is 4.79 Å². The van der Waals surface area contributed by atoms with Gasteiger partial charge in [-0.25, -0.2) is 4.79 Å². The smallest absolute Gasteiger partial charge is 0.325 e. The van der Waals surface area contributed by atoms with E-state index in [-0.39, 0.29) is 6.54 Å². The number of para-hydroxylation sites is 1. The van der Waals surface area contributed by atoms with Crippen molar-refractivity contribution in [3.63, 3.8) is 0 Å². The summed E-state index contributed by atoms with van der Waals surface area (Å²) in [6, 6.07) is 5.31. The molecule has 72 valence electrons. The fourth-order valence-electron chi connectivity index (χ4n) is 1.36. The highest BCUT2D eigenvalue weighted by molar-refractivity contribution is 6.35. The molecule has 3 N–H and O–H groups in total. The van der Waals surface area contributed by atoms with Crippen LogP contribution in [0, 0.1) is 0 Å². The largest absolute Gasteiger partial charge is 0.345 e. The van der Waals surface area contributed by atoms with E-state index in [1.807, 2.05) is 6.07 Å². The molecule has 1 heterocycles. The minimum atomic E-state index is -0.425. The molecule has 2 rings (SSSR count). The van der Waals surface area contributed by atoms with Gasteiger partial charge in [0.2, 0.25) is 0 Å². The predicted molar refractivity (Wildman–Crippen MR) is 55.3 cm³/mol. The highest BCUT2D eigenvalue weighted by Gasteiger charge is 2.05. The molecule has 0 fully saturated rings. The van der Waals surface area contributed by atoms with Crippen molar-refractivity contribution in [3.8, 4) is 0 Å². The minimum absolute atomic E-state index is 0.259. The molecule has 0 amide bonds. The summed E-state index contributed by atoms with van der Waals surface area (Å²) < 4.78 is 0. The quantitative estimate of drug-likeness (QED) is 0.737. The number of aromatic amines is 1. The Hall–Kier alpha value is -1.39. The average molecular weight is 210 g/mol. The van der Waals surface area contributed by atoms with Gasteiger partial charge < -0.3 is 10.7 Å². The van der Waals surface area contributed by atoms with Gasteiger partial charge in [0.05, 0.1) is 10.5 Å². The number of nitrogens with one attached hydrogen (secondary N) is 1. The highest BCUT2D eigenvalue weighted by atomic mass is 35.5. The van der Waals surface area contributed by atoms with Crippen molar-refractivity contribution >= 4 is 22.5 Å². The number of hydrogen-bond donors (Lipinski definition) is 2. The van der Waals surface area contributed by atoms with Crippen molar-refractivity contribution in [2.75, 3.05) is 0 Å². The average Bonchev–Trinajstić information content (AvgIpc) is 2.18. The van der Waals surface area contributed by atoms with Crippen LogP contribution < -0.4 is 11.4 Å². The fourth-order valence-corrected chi connectivity index (χ4v) is 1.58. The van der Waals surface area contributed by atoms with Gasteiger partial charge in [-0.05, 0) is 6.07 Å². The van der Waals surface area contributed by atoms with Crippen LogP contribution in [0.25, 0.3) is 10.9 Å². The molecular formula is C9H8ClN3O. The Morgan fingerprint density at radius 2 is 2.29 bits per heavy atom. The zero-order valence-electron chi connectivity index (χ0n) is 7.25. The Labute approximate surface area is 84.7 Å². The van der Waals surface area contributed by atoms with Gasteiger partial charge in [0.25, 0.3) is 0 Å². The maximum absolute atomic E-state index is 11.1. The molecule has 0 bridgehead atoms. The van der Waals surface area contributed by atoms with E-state index in [2.05, 4.69) is 9.97 Å². The van der Waals surface area contributed by atoms with E-state index in [0.29, 0.717) is 16.2 Å². The minimum Gasteiger partial charge on any atom is -0.325 e. The van der Waals surface area contributed by atoms with Crippen LogP contribution in [-0.4, -0.2) is 9.97 Å². The first-order valence-corrected chi connectivity index (χ1v) is 4.47. The van der Waals surface area contributed by atoms with Crippen LogP contribution in [0.15, 0.2) is 23.0 Å². The summed E-state index contributed by atoms with van der Waals surface area (Å²) in [5.41, 5.74) is 6.22. The molecule has 0 aliphatic carbocycles. The first-order chi connectivity index (χ1) is 6.72. The van der Waals surface area contributed by atoms with Crippen molar-refractivity contribution < 1.29 is 0 Å². The zero-order valence-corrected chi connectivity index (χ0v) is 8.01. The molecule has 0 saturated carbocycles. The van der Waals surface area contributed by atoms with Crippen LogP contribution in [-0.2, 0) is 6.54 Å². The molecule has 14 heavy (non-hydrogen) atoms. The van der Waals surface area contributed by atoms with Gasteiger partial charge in [-0.3, -0.25) is 0 Å². The third-order valence-electron chi connectivity index (χ3n) is 1.99. The lowest BCUT2D eigenvalue weighted by atomic mass is 10.2.